The molecule has 1 aliphatic carbocycles. The van der Waals surface area contributed by atoms with E-state index < -0.39 is 0 Å². The molecule has 7 rings (SSSR count). The molecule has 3 heterocycles. The third kappa shape index (κ3) is 5.16. The van der Waals surface area contributed by atoms with Crippen LogP contribution in [0, 0.1) is 11.8 Å². The summed E-state index contributed by atoms with van der Waals surface area (Å²) in [7, 11) is 0. The van der Waals surface area contributed by atoms with Gasteiger partial charge in [-0.05, 0) is 60.8 Å². The standard InChI is InChI=1S/C36H42N4O2/c41-35(40-24-21-30-33(27-13-5-2-6-14-27)37-31-17-9-7-15-28(31)34(30)40)29-16-8-10-18-32(29)38-36(42)39-22-19-26(20-23-39)25-11-3-1-4-12-25/h1-7,9,11-15,17,26,29-30,32-34,37H,8,10,16,18-24H2,(H,38,42)/t29-,30-,32+,33-,34-/m0/s1. The van der Waals surface area contributed by atoms with Crippen LogP contribution in [-0.2, 0) is 4.79 Å². The lowest BCUT2D eigenvalue weighted by atomic mass is 9.79. The van der Waals surface area contributed by atoms with Crippen LogP contribution in [0.1, 0.15) is 79.6 Å². The largest absolute Gasteiger partial charge is 0.378 e. The summed E-state index contributed by atoms with van der Waals surface area (Å²) >= 11 is 0. The number of amides is 3. The number of hydrogen-bond donors (Lipinski definition) is 2. The number of nitrogens with zero attached hydrogens (tertiary/aromatic N) is 2. The molecule has 6 heteroatoms. The van der Waals surface area contributed by atoms with Gasteiger partial charge in [-0.2, -0.15) is 0 Å². The summed E-state index contributed by atoms with van der Waals surface area (Å²) in [5, 5.41) is 7.16. The molecular weight excluding hydrogens is 520 g/mol. The second-order valence-corrected chi connectivity index (χ2v) is 12.7. The van der Waals surface area contributed by atoms with Crippen molar-refractivity contribution < 1.29 is 9.59 Å². The Morgan fingerprint density at radius 2 is 1.38 bits per heavy atom. The van der Waals surface area contributed by atoms with E-state index in [1.165, 1.54) is 16.7 Å². The number of fused-ring (bicyclic) bond motifs is 3. The van der Waals surface area contributed by atoms with Gasteiger partial charge in [0.1, 0.15) is 0 Å². The second-order valence-electron chi connectivity index (χ2n) is 12.7. The van der Waals surface area contributed by atoms with E-state index in [1.807, 2.05) is 4.90 Å². The Kier molecular flexibility index (Phi) is 7.62. The molecule has 0 aromatic heterocycles. The predicted octanol–water partition coefficient (Wildman–Crippen LogP) is 6.89. The Morgan fingerprint density at radius 1 is 0.714 bits per heavy atom. The Morgan fingerprint density at radius 3 is 2.14 bits per heavy atom. The zero-order valence-corrected chi connectivity index (χ0v) is 24.3. The number of anilines is 1. The molecule has 5 atom stereocenters. The number of piperidine rings is 1. The highest BCUT2D eigenvalue weighted by molar-refractivity contribution is 5.83. The lowest BCUT2D eigenvalue weighted by Crippen LogP contribution is -2.54. The Hall–Kier alpha value is -3.80. The highest BCUT2D eigenvalue weighted by Gasteiger charge is 2.48. The minimum atomic E-state index is -0.166. The molecule has 3 amide bonds. The smallest absolute Gasteiger partial charge is 0.317 e. The third-order valence-corrected chi connectivity index (χ3v) is 10.4. The minimum absolute atomic E-state index is 0.00173. The van der Waals surface area contributed by atoms with Crippen molar-refractivity contribution in [3.63, 3.8) is 0 Å². The first-order valence-corrected chi connectivity index (χ1v) is 16.0. The molecule has 1 saturated carbocycles. The number of likely N-dealkylation sites (tertiary alicyclic amines) is 2. The number of carbonyl (C=O) groups is 2. The molecule has 0 unspecified atom stereocenters. The molecule has 3 aromatic rings. The van der Waals surface area contributed by atoms with Gasteiger partial charge in [0.2, 0.25) is 5.91 Å². The number of benzene rings is 3. The molecule has 2 saturated heterocycles. The molecule has 0 spiro atoms. The molecule has 218 valence electrons. The van der Waals surface area contributed by atoms with Crippen LogP contribution in [-0.4, -0.2) is 47.4 Å². The van der Waals surface area contributed by atoms with Gasteiger partial charge in [0.25, 0.3) is 0 Å². The molecular formula is C36H42N4O2. The van der Waals surface area contributed by atoms with Crippen LogP contribution in [0.25, 0.3) is 0 Å². The summed E-state index contributed by atoms with van der Waals surface area (Å²) in [5.74, 6) is 0.878. The van der Waals surface area contributed by atoms with Crippen LogP contribution in [0.3, 0.4) is 0 Å². The fraction of sp³-hybridized carbons (Fsp3) is 0.444. The predicted molar refractivity (Wildman–Crippen MR) is 166 cm³/mol. The van der Waals surface area contributed by atoms with Gasteiger partial charge in [-0.3, -0.25) is 4.79 Å². The summed E-state index contributed by atoms with van der Waals surface area (Å²) in [4.78, 5) is 32.0. The molecule has 4 aliphatic rings. The molecule has 3 fully saturated rings. The molecule has 2 N–H and O–H groups in total. The van der Waals surface area contributed by atoms with Crippen molar-refractivity contribution in [3.05, 3.63) is 102 Å². The number of rotatable bonds is 4. The van der Waals surface area contributed by atoms with E-state index in [1.54, 1.807) is 0 Å². The number of para-hydroxylation sites is 1. The van der Waals surface area contributed by atoms with E-state index in [9.17, 15) is 9.59 Å². The van der Waals surface area contributed by atoms with Crippen molar-refractivity contribution in [3.8, 4) is 0 Å². The van der Waals surface area contributed by atoms with E-state index in [4.69, 9.17) is 0 Å². The zero-order valence-electron chi connectivity index (χ0n) is 24.3. The first-order chi connectivity index (χ1) is 20.7. The monoisotopic (exact) mass is 562 g/mol. The normalized spacial score (nSPS) is 27.5. The maximum Gasteiger partial charge on any atom is 0.317 e. The summed E-state index contributed by atoms with van der Waals surface area (Å²) < 4.78 is 0. The van der Waals surface area contributed by atoms with Crippen molar-refractivity contribution in [2.75, 3.05) is 25.0 Å². The number of urea groups is 1. The molecule has 3 aromatic carbocycles. The fourth-order valence-electron chi connectivity index (χ4n) is 8.17. The van der Waals surface area contributed by atoms with Crippen LogP contribution in [0.2, 0.25) is 0 Å². The highest BCUT2D eigenvalue weighted by Crippen LogP contribution is 2.51. The zero-order chi connectivity index (χ0) is 28.5. The molecule has 3 aliphatic heterocycles. The van der Waals surface area contributed by atoms with Crippen LogP contribution in [0.5, 0.6) is 0 Å². The van der Waals surface area contributed by atoms with Crippen LogP contribution >= 0.6 is 0 Å². The summed E-state index contributed by atoms with van der Waals surface area (Å²) in [5.41, 5.74) is 4.99. The maximum atomic E-state index is 14.4. The Labute approximate surface area is 249 Å². The average Bonchev–Trinajstić information content (AvgIpc) is 3.51. The summed E-state index contributed by atoms with van der Waals surface area (Å²) in [6.45, 7) is 2.28. The van der Waals surface area contributed by atoms with Gasteiger partial charge in [0.05, 0.1) is 18.0 Å². The SMILES string of the molecule is O=C(N[C@@H]1CCCC[C@@H]1C(=O)N1CC[C@H]2[C@H](c3ccccc3)Nc3ccccc3[C@@H]21)N1CCC(c2ccccc2)CC1. The number of carbonyl (C=O) groups excluding carboxylic acids is 2. The third-order valence-electron chi connectivity index (χ3n) is 10.4. The van der Waals surface area contributed by atoms with Gasteiger partial charge in [-0.25, -0.2) is 4.79 Å². The van der Waals surface area contributed by atoms with Gasteiger partial charge in [0.15, 0.2) is 0 Å². The van der Waals surface area contributed by atoms with Gasteiger partial charge in [0, 0.05) is 37.3 Å². The quantitative estimate of drug-likeness (QED) is 0.364. The van der Waals surface area contributed by atoms with E-state index in [0.717, 1.165) is 70.3 Å². The molecule has 6 nitrogen and oxygen atoms in total. The Balaban J connectivity index is 1.06. The van der Waals surface area contributed by atoms with E-state index in [-0.39, 0.29) is 36.0 Å². The van der Waals surface area contributed by atoms with E-state index >= 15 is 0 Å². The lowest BCUT2D eigenvalue weighted by molar-refractivity contribution is -0.138. The van der Waals surface area contributed by atoms with Gasteiger partial charge >= 0.3 is 6.03 Å². The first kappa shape index (κ1) is 27.1. The highest BCUT2D eigenvalue weighted by atomic mass is 16.2. The van der Waals surface area contributed by atoms with Crippen molar-refractivity contribution in [2.24, 2.45) is 11.8 Å². The topological polar surface area (TPSA) is 64.7 Å². The van der Waals surface area contributed by atoms with Gasteiger partial charge < -0.3 is 20.4 Å². The Bertz CT molecular complexity index is 1390. The summed E-state index contributed by atoms with van der Waals surface area (Å²) in [6.07, 6.45) is 6.74. The average molecular weight is 563 g/mol. The second kappa shape index (κ2) is 11.8. The van der Waals surface area contributed by atoms with Crippen molar-refractivity contribution in [1.82, 2.24) is 15.1 Å². The van der Waals surface area contributed by atoms with Crippen molar-refractivity contribution in [1.29, 1.82) is 0 Å². The van der Waals surface area contributed by atoms with Crippen LogP contribution in [0.4, 0.5) is 10.5 Å². The number of hydrogen-bond acceptors (Lipinski definition) is 3. The van der Waals surface area contributed by atoms with Crippen molar-refractivity contribution in [2.45, 2.75) is 69.0 Å². The van der Waals surface area contributed by atoms with Crippen molar-refractivity contribution >= 4 is 17.6 Å². The van der Waals surface area contributed by atoms with Gasteiger partial charge in [-0.15, -0.1) is 0 Å². The maximum absolute atomic E-state index is 14.4. The first-order valence-electron chi connectivity index (χ1n) is 16.0. The minimum Gasteiger partial charge on any atom is -0.378 e. The van der Waals surface area contributed by atoms with E-state index in [0.29, 0.717) is 11.8 Å². The molecule has 0 bridgehead atoms. The molecule has 0 radical (unpaired) electrons. The van der Waals surface area contributed by atoms with Crippen LogP contribution < -0.4 is 10.6 Å². The fourth-order valence-corrected chi connectivity index (χ4v) is 8.17. The summed E-state index contributed by atoms with van der Waals surface area (Å²) in [6, 6.07) is 29.9. The van der Waals surface area contributed by atoms with E-state index in [2.05, 4.69) is 100 Å². The van der Waals surface area contributed by atoms with Gasteiger partial charge in [-0.1, -0.05) is 91.7 Å². The number of nitrogens with one attached hydrogen (secondary N) is 2. The lowest BCUT2D eigenvalue weighted by Gasteiger charge is -2.42. The van der Waals surface area contributed by atoms with Crippen LogP contribution in [0.15, 0.2) is 84.9 Å². The molecule has 42 heavy (non-hydrogen) atoms.